The lowest BCUT2D eigenvalue weighted by molar-refractivity contribution is -0.439. The summed E-state index contributed by atoms with van der Waals surface area (Å²) in [5.74, 6) is -17.2. The van der Waals surface area contributed by atoms with Crippen molar-refractivity contribution in [3.05, 3.63) is 24.2 Å². The third kappa shape index (κ3) is 1.46. The minimum atomic E-state index is -5.77. The monoisotopic (exact) mass is 276 g/mol. The molecule has 3 nitrogen and oxygen atoms in total. The van der Waals surface area contributed by atoms with Gasteiger partial charge in [-0.25, -0.2) is 0 Å². The Labute approximate surface area is 95.9 Å². The van der Waals surface area contributed by atoms with Crippen LogP contribution in [0.25, 0.3) is 0 Å². The zero-order chi connectivity index (χ0) is 13.8. The first-order valence-electron chi connectivity index (χ1n) is 4.62. The van der Waals surface area contributed by atoms with Crippen molar-refractivity contribution in [3.63, 3.8) is 0 Å². The summed E-state index contributed by atoms with van der Waals surface area (Å²) in [7, 11) is 0. The standard InChI is InChI=1S/C9H6F6O3/c10-7(11)5(4-2-1-3-17-4)18-6(16)8(12,13)9(7,14)15/h1-3,5-6,16H/t5-,6+/m1/s1. The van der Waals surface area contributed by atoms with Crippen molar-refractivity contribution < 1.29 is 40.6 Å². The molecule has 0 radical (unpaired) electrons. The lowest BCUT2D eigenvalue weighted by Crippen LogP contribution is -2.66. The van der Waals surface area contributed by atoms with Crippen LogP contribution in [0.5, 0.6) is 0 Å². The van der Waals surface area contributed by atoms with Gasteiger partial charge in [-0.2, -0.15) is 26.3 Å². The molecule has 0 amide bonds. The maximum atomic E-state index is 13.4. The zero-order valence-corrected chi connectivity index (χ0v) is 8.42. The van der Waals surface area contributed by atoms with Crippen LogP contribution in [0.4, 0.5) is 26.3 Å². The molecule has 1 N–H and O–H groups in total. The Morgan fingerprint density at radius 2 is 1.67 bits per heavy atom. The number of hydrogen-bond acceptors (Lipinski definition) is 3. The Bertz CT molecular complexity index is 430. The summed E-state index contributed by atoms with van der Waals surface area (Å²) in [4.78, 5) is 0. The van der Waals surface area contributed by atoms with Crippen molar-refractivity contribution in [1.29, 1.82) is 0 Å². The second-order valence-electron chi connectivity index (χ2n) is 3.70. The SMILES string of the molecule is O[C@H]1O[C@H](c2ccco2)C(F)(F)C(F)(F)C1(F)F. The fraction of sp³-hybridized carbons (Fsp3) is 0.556. The second kappa shape index (κ2) is 3.64. The Hall–Kier alpha value is -1.22. The Morgan fingerprint density at radius 1 is 1.06 bits per heavy atom. The third-order valence-electron chi connectivity index (χ3n) is 2.54. The summed E-state index contributed by atoms with van der Waals surface area (Å²) >= 11 is 0. The molecule has 0 unspecified atom stereocenters. The van der Waals surface area contributed by atoms with Crippen LogP contribution in [0.3, 0.4) is 0 Å². The summed E-state index contributed by atoms with van der Waals surface area (Å²) in [5.41, 5.74) is 0. The van der Waals surface area contributed by atoms with Gasteiger partial charge in [0.05, 0.1) is 6.26 Å². The summed E-state index contributed by atoms with van der Waals surface area (Å²) in [6.45, 7) is 0. The highest BCUT2D eigenvalue weighted by Gasteiger charge is 2.81. The van der Waals surface area contributed by atoms with Gasteiger partial charge in [-0.3, -0.25) is 0 Å². The van der Waals surface area contributed by atoms with E-state index in [2.05, 4.69) is 9.15 Å². The molecule has 1 aromatic rings. The molecular formula is C9H6F6O3. The molecule has 2 atom stereocenters. The smallest absolute Gasteiger partial charge is 0.380 e. The lowest BCUT2D eigenvalue weighted by atomic mass is 9.94. The number of rotatable bonds is 1. The summed E-state index contributed by atoms with van der Waals surface area (Å²) in [6.07, 6.45) is -5.27. The van der Waals surface area contributed by atoms with E-state index < -0.39 is 35.9 Å². The number of hydrogen-bond donors (Lipinski definition) is 1. The van der Waals surface area contributed by atoms with Gasteiger partial charge < -0.3 is 14.3 Å². The van der Waals surface area contributed by atoms with Crippen LogP contribution in [0.1, 0.15) is 11.9 Å². The van der Waals surface area contributed by atoms with Crippen molar-refractivity contribution in [1.82, 2.24) is 0 Å². The van der Waals surface area contributed by atoms with E-state index in [9.17, 15) is 26.3 Å². The number of aliphatic hydroxyl groups is 1. The first-order valence-corrected chi connectivity index (χ1v) is 4.62. The number of aliphatic hydroxyl groups excluding tert-OH is 1. The first kappa shape index (κ1) is 13.2. The Kier molecular flexibility index (Phi) is 2.67. The van der Waals surface area contributed by atoms with Gasteiger partial charge in [0.25, 0.3) is 0 Å². The molecule has 2 heterocycles. The summed E-state index contributed by atoms with van der Waals surface area (Å²) < 4.78 is 86.9. The van der Waals surface area contributed by atoms with Crippen LogP contribution in [0.2, 0.25) is 0 Å². The lowest BCUT2D eigenvalue weighted by Gasteiger charge is -2.43. The van der Waals surface area contributed by atoms with Gasteiger partial charge in [0.1, 0.15) is 5.76 Å². The molecule has 1 aliphatic rings. The molecular weight excluding hydrogens is 270 g/mol. The highest BCUT2D eigenvalue weighted by atomic mass is 19.3. The van der Waals surface area contributed by atoms with Crippen LogP contribution in [-0.2, 0) is 4.74 Å². The molecule has 9 heteroatoms. The van der Waals surface area contributed by atoms with Crippen LogP contribution in [0, 0.1) is 0 Å². The Balaban J connectivity index is 2.48. The Morgan fingerprint density at radius 3 is 2.17 bits per heavy atom. The largest absolute Gasteiger partial charge is 0.466 e. The third-order valence-corrected chi connectivity index (χ3v) is 2.54. The molecule has 2 rings (SSSR count). The van der Waals surface area contributed by atoms with Crippen molar-refractivity contribution in [3.8, 4) is 0 Å². The molecule has 1 aromatic heterocycles. The quantitative estimate of drug-likeness (QED) is 0.802. The van der Waals surface area contributed by atoms with E-state index in [1.165, 1.54) is 0 Å². The van der Waals surface area contributed by atoms with E-state index >= 15 is 0 Å². The van der Waals surface area contributed by atoms with Gasteiger partial charge in [-0.05, 0) is 12.1 Å². The van der Waals surface area contributed by atoms with Gasteiger partial charge in [-0.15, -0.1) is 0 Å². The van der Waals surface area contributed by atoms with E-state index in [-0.39, 0.29) is 0 Å². The number of halogens is 6. The van der Waals surface area contributed by atoms with Crippen molar-refractivity contribution >= 4 is 0 Å². The maximum Gasteiger partial charge on any atom is 0.380 e. The topological polar surface area (TPSA) is 42.6 Å². The van der Waals surface area contributed by atoms with E-state index in [4.69, 9.17) is 5.11 Å². The normalized spacial score (nSPS) is 33.3. The molecule has 0 aromatic carbocycles. The van der Waals surface area contributed by atoms with E-state index in [1.54, 1.807) is 0 Å². The molecule has 18 heavy (non-hydrogen) atoms. The molecule has 1 aliphatic heterocycles. The molecule has 0 aliphatic carbocycles. The second-order valence-corrected chi connectivity index (χ2v) is 3.70. The van der Waals surface area contributed by atoms with E-state index in [0.29, 0.717) is 0 Å². The van der Waals surface area contributed by atoms with Crippen molar-refractivity contribution in [2.24, 2.45) is 0 Å². The van der Waals surface area contributed by atoms with Gasteiger partial charge >= 0.3 is 17.8 Å². The number of furan rings is 1. The van der Waals surface area contributed by atoms with E-state index in [0.717, 1.165) is 18.4 Å². The van der Waals surface area contributed by atoms with Gasteiger partial charge in [0.2, 0.25) is 6.29 Å². The average molecular weight is 276 g/mol. The van der Waals surface area contributed by atoms with Crippen LogP contribution in [0.15, 0.2) is 22.8 Å². The van der Waals surface area contributed by atoms with E-state index in [1.807, 2.05) is 0 Å². The molecule has 0 spiro atoms. The molecule has 1 saturated heterocycles. The van der Waals surface area contributed by atoms with Crippen LogP contribution in [-0.4, -0.2) is 29.2 Å². The number of alkyl halides is 6. The summed E-state index contributed by atoms with van der Waals surface area (Å²) in [5, 5.41) is 8.75. The summed E-state index contributed by atoms with van der Waals surface area (Å²) in [6, 6.07) is 1.94. The zero-order valence-electron chi connectivity index (χ0n) is 8.42. The first-order chi connectivity index (χ1) is 8.12. The van der Waals surface area contributed by atoms with Gasteiger partial charge in [-0.1, -0.05) is 0 Å². The minimum Gasteiger partial charge on any atom is -0.466 e. The average Bonchev–Trinajstić information content (AvgIpc) is 2.76. The van der Waals surface area contributed by atoms with Crippen LogP contribution < -0.4 is 0 Å². The number of ether oxygens (including phenoxy) is 1. The minimum absolute atomic E-state index is 0.783. The van der Waals surface area contributed by atoms with Crippen molar-refractivity contribution in [2.75, 3.05) is 0 Å². The molecule has 0 saturated carbocycles. The predicted octanol–water partition coefficient (Wildman–Crippen LogP) is 2.58. The van der Waals surface area contributed by atoms with Crippen molar-refractivity contribution in [2.45, 2.75) is 30.2 Å². The highest BCUT2D eigenvalue weighted by Crippen LogP contribution is 2.57. The highest BCUT2D eigenvalue weighted by molar-refractivity contribution is 5.14. The fourth-order valence-electron chi connectivity index (χ4n) is 1.53. The molecule has 102 valence electrons. The van der Waals surface area contributed by atoms with Gasteiger partial charge in [0.15, 0.2) is 6.10 Å². The molecule has 0 bridgehead atoms. The van der Waals surface area contributed by atoms with Crippen LogP contribution >= 0.6 is 0 Å². The maximum absolute atomic E-state index is 13.4. The predicted molar refractivity (Wildman–Crippen MR) is 43.4 cm³/mol. The fourth-order valence-corrected chi connectivity index (χ4v) is 1.53. The van der Waals surface area contributed by atoms with Gasteiger partial charge in [0, 0.05) is 0 Å². The molecule has 1 fully saturated rings.